The molecule has 15 atom stereocenters. The van der Waals surface area contributed by atoms with E-state index < -0.39 is 105 Å². The maximum Gasteiger partial charge on any atom is 0.187 e. The van der Waals surface area contributed by atoms with Gasteiger partial charge in [-0.2, -0.15) is 0 Å². The Balaban J connectivity index is 1.83. The summed E-state index contributed by atoms with van der Waals surface area (Å²) >= 11 is 0. The highest BCUT2D eigenvalue weighted by Gasteiger charge is 2.53. The second kappa shape index (κ2) is 11.0. The van der Waals surface area contributed by atoms with Gasteiger partial charge in [0.2, 0.25) is 0 Å². The van der Waals surface area contributed by atoms with Gasteiger partial charge >= 0.3 is 0 Å². The lowest BCUT2D eigenvalue weighted by Crippen LogP contribution is -2.66. The Hall–Kier alpha value is -0.600. The van der Waals surface area contributed by atoms with Crippen molar-refractivity contribution < 1.29 is 74.7 Å². The summed E-state index contributed by atoms with van der Waals surface area (Å²) in [5.74, 6) is 0. The van der Waals surface area contributed by atoms with Crippen LogP contribution in [-0.2, 0) is 23.7 Å². The number of rotatable bonds is 6. The molecule has 0 spiro atoms. The molecule has 0 bridgehead atoms. The summed E-state index contributed by atoms with van der Waals surface area (Å²) in [5.41, 5.74) is 0. The third kappa shape index (κ3) is 5.32. The van der Waals surface area contributed by atoms with Gasteiger partial charge in [0.1, 0.15) is 67.1 Å². The molecule has 194 valence electrons. The maximum absolute atomic E-state index is 10.6. The summed E-state index contributed by atoms with van der Waals surface area (Å²) < 4.78 is 26.9. The van der Waals surface area contributed by atoms with Crippen molar-refractivity contribution in [2.45, 2.75) is 99.0 Å². The van der Waals surface area contributed by atoms with Crippen LogP contribution in [0.1, 0.15) is 6.92 Å². The largest absolute Gasteiger partial charge is 0.394 e. The van der Waals surface area contributed by atoms with Gasteiger partial charge in [-0.05, 0) is 6.92 Å². The first-order valence-corrected chi connectivity index (χ1v) is 10.4. The van der Waals surface area contributed by atoms with Gasteiger partial charge in [0.05, 0.1) is 19.3 Å². The van der Waals surface area contributed by atoms with Gasteiger partial charge in [-0.25, -0.2) is 0 Å². The van der Waals surface area contributed by atoms with Crippen LogP contribution in [0.15, 0.2) is 0 Å². The summed E-state index contributed by atoms with van der Waals surface area (Å²) in [6.07, 6.45) is -24.1. The molecule has 33 heavy (non-hydrogen) atoms. The fourth-order valence-electron chi connectivity index (χ4n) is 3.98. The van der Waals surface area contributed by atoms with E-state index >= 15 is 0 Å². The Bertz CT molecular complexity index is 624. The van der Waals surface area contributed by atoms with Crippen LogP contribution in [-0.4, -0.2) is 156 Å². The lowest BCUT2D eigenvalue weighted by atomic mass is 9.96. The Morgan fingerprint density at radius 3 is 1.73 bits per heavy atom. The van der Waals surface area contributed by atoms with Gasteiger partial charge in [0.15, 0.2) is 18.9 Å². The average molecular weight is 488 g/mol. The van der Waals surface area contributed by atoms with Crippen molar-refractivity contribution in [3.63, 3.8) is 0 Å². The smallest absolute Gasteiger partial charge is 0.187 e. The number of aliphatic hydroxyl groups excluding tert-OH is 10. The zero-order valence-corrected chi connectivity index (χ0v) is 17.6. The molecule has 0 aromatic carbocycles. The van der Waals surface area contributed by atoms with Crippen LogP contribution in [0.4, 0.5) is 0 Å². The minimum absolute atomic E-state index is 0.760. The fraction of sp³-hybridized carbons (Fsp3) is 1.00. The molecule has 15 heteroatoms. The monoisotopic (exact) mass is 488 g/mol. The Labute approximate surface area is 187 Å². The molecule has 0 aromatic heterocycles. The van der Waals surface area contributed by atoms with Gasteiger partial charge < -0.3 is 74.7 Å². The molecule has 0 amide bonds. The first kappa shape index (κ1) is 27.0. The highest BCUT2D eigenvalue weighted by molar-refractivity contribution is 4.95. The maximum atomic E-state index is 10.6. The van der Waals surface area contributed by atoms with Gasteiger partial charge in [-0.3, -0.25) is 0 Å². The number of aliphatic hydroxyl groups is 10. The normalized spacial score (nSPS) is 53.7. The molecule has 0 aromatic rings. The van der Waals surface area contributed by atoms with Gasteiger partial charge in [0, 0.05) is 0 Å². The second-order valence-corrected chi connectivity index (χ2v) is 8.32. The topological polar surface area (TPSA) is 248 Å². The molecule has 15 nitrogen and oxygen atoms in total. The Morgan fingerprint density at radius 2 is 1.12 bits per heavy atom. The summed E-state index contributed by atoms with van der Waals surface area (Å²) in [6, 6.07) is 0. The van der Waals surface area contributed by atoms with Crippen molar-refractivity contribution >= 4 is 0 Å². The van der Waals surface area contributed by atoms with Crippen LogP contribution in [0.5, 0.6) is 0 Å². The van der Waals surface area contributed by atoms with E-state index in [2.05, 4.69) is 0 Å². The Morgan fingerprint density at radius 1 is 0.545 bits per heavy atom. The zero-order valence-electron chi connectivity index (χ0n) is 17.6. The van der Waals surface area contributed by atoms with Crippen LogP contribution < -0.4 is 0 Å². The minimum Gasteiger partial charge on any atom is -0.394 e. The summed E-state index contributed by atoms with van der Waals surface area (Å²) in [6.45, 7) is -0.128. The third-order valence-electron chi connectivity index (χ3n) is 6.05. The highest BCUT2D eigenvalue weighted by atomic mass is 16.8. The number of hydrogen-bond acceptors (Lipinski definition) is 15. The van der Waals surface area contributed by atoms with Crippen LogP contribution in [0.3, 0.4) is 0 Å². The number of hydrogen-bond donors (Lipinski definition) is 10. The minimum atomic E-state index is -1.83. The molecule has 0 unspecified atom stereocenters. The predicted octanol–water partition coefficient (Wildman–Crippen LogP) is -6.55. The molecule has 0 aliphatic carbocycles. The lowest BCUT2D eigenvalue weighted by Gasteiger charge is -2.48. The molecule has 3 fully saturated rings. The molecular weight excluding hydrogens is 456 g/mol. The van der Waals surface area contributed by atoms with Crippen LogP contribution in [0.25, 0.3) is 0 Å². The van der Waals surface area contributed by atoms with Crippen molar-refractivity contribution in [1.29, 1.82) is 0 Å². The van der Waals surface area contributed by atoms with E-state index in [0.717, 1.165) is 0 Å². The molecular formula is C18H32O15. The SMILES string of the molecule is C[C@@H]1O[C@@H](O[C@H]2[C@H](O[C@H]3[C@H](O)[C@@H](O)[C@@H](O)O[C@@H]3CO)O[C@H](CO)[C@H](O)[C@@H]2O)[C@@H](O)[C@H](O)[C@@H]1O. The molecule has 3 rings (SSSR count). The van der Waals surface area contributed by atoms with Crippen molar-refractivity contribution in [3.05, 3.63) is 0 Å². The summed E-state index contributed by atoms with van der Waals surface area (Å²) in [7, 11) is 0. The molecule has 0 saturated carbocycles. The standard InChI is InChI=1S/C18H32O15/c1-4-7(21)9(23)13(27)17(29-4)33-15-10(24)8(22)5(2-19)31-18(15)32-14-6(3-20)30-16(28)12(26)11(14)25/h4-28H,2-3H2,1H3/t4-,5+,6+,7+,8-,9+,10-,11+,12+,13-,14+,15+,16-,17-,18-/m0/s1. The van der Waals surface area contributed by atoms with Gasteiger partial charge in [-0.1, -0.05) is 0 Å². The van der Waals surface area contributed by atoms with Crippen molar-refractivity contribution in [3.8, 4) is 0 Å². The highest BCUT2D eigenvalue weighted by Crippen LogP contribution is 2.32. The first-order chi connectivity index (χ1) is 15.5. The fourth-order valence-corrected chi connectivity index (χ4v) is 3.98. The van der Waals surface area contributed by atoms with Crippen molar-refractivity contribution in [2.24, 2.45) is 0 Å². The van der Waals surface area contributed by atoms with Gasteiger partial charge in [0.25, 0.3) is 0 Å². The first-order valence-electron chi connectivity index (χ1n) is 10.4. The van der Waals surface area contributed by atoms with E-state index in [-0.39, 0.29) is 0 Å². The van der Waals surface area contributed by atoms with Crippen LogP contribution >= 0.6 is 0 Å². The van der Waals surface area contributed by atoms with Crippen molar-refractivity contribution in [2.75, 3.05) is 13.2 Å². The van der Waals surface area contributed by atoms with E-state index in [0.29, 0.717) is 0 Å². The van der Waals surface area contributed by atoms with E-state index in [4.69, 9.17) is 23.7 Å². The van der Waals surface area contributed by atoms with E-state index in [9.17, 15) is 51.1 Å². The average Bonchev–Trinajstić information content (AvgIpc) is 2.80. The molecule has 10 N–H and O–H groups in total. The molecule has 3 aliphatic heterocycles. The Kier molecular flexibility index (Phi) is 8.99. The van der Waals surface area contributed by atoms with Crippen LogP contribution in [0.2, 0.25) is 0 Å². The van der Waals surface area contributed by atoms with Crippen molar-refractivity contribution in [1.82, 2.24) is 0 Å². The lowest BCUT2D eigenvalue weighted by molar-refractivity contribution is -0.385. The van der Waals surface area contributed by atoms with E-state index in [1.54, 1.807) is 0 Å². The molecule has 3 heterocycles. The predicted molar refractivity (Wildman–Crippen MR) is 99.8 cm³/mol. The molecule has 3 aliphatic rings. The molecule has 0 radical (unpaired) electrons. The quantitative estimate of drug-likeness (QED) is 0.167. The number of ether oxygens (including phenoxy) is 5. The molecule has 3 saturated heterocycles. The van der Waals surface area contributed by atoms with E-state index in [1.807, 2.05) is 0 Å². The third-order valence-corrected chi connectivity index (χ3v) is 6.05. The van der Waals surface area contributed by atoms with Crippen LogP contribution in [0, 0.1) is 0 Å². The summed E-state index contributed by atoms with van der Waals surface area (Å²) in [5, 5.41) is 99.8. The second-order valence-electron chi connectivity index (χ2n) is 8.32. The van der Waals surface area contributed by atoms with Gasteiger partial charge in [-0.15, -0.1) is 0 Å². The van der Waals surface area contributed by atoms with E-state index in [1.165, 1.54) is 6.92 Å². The zero-order chi connectivity index (χ0) is 24.6. The summed E-state index contributed by atoms with van der Waals surface area (Å²) in [4.78, 5) is 0.